The zero-order chi connectivity index (χ0) is 14.3. The Morgan fingerprint density at radius 2 is 1.84 bits per heavy atom. The molecule has 0 heterocycles. The van der Waals surface area contributed by atoms with Gasteiger partial charge in [-0.2, -0.15) is 11.8 Å². The standard InChI is InChI=1S/C15H23NO2S/c1-4-15(5-2,11-17)16-14(18)13-8-6-12(7-9-13)10-19-3/h6-9,17H,4-5,10-11H2,1-3H3,(H,16,18). The Morgan fingerprint density at radius 1 is 1.26 bits per heavy atom. The molecular weight excluding hydrogens is 258 g/mol. The van der Waals surface area contributed by atoms with E-state index in [1.807, 2.05) is 38.1 Å². The third-order valence-electron chi connectivity index (χ3n) is 3.56. The lowest BCUT2D eigenvalue weighted by molar-refractivity contribution is 0.0818. The summed E-state index contributed by atoms with van der Waals surface area (Å²) in [6.45, 7) is 3.92. The fourth-order valence-electron chi connectivity index (χ4n) is 1.92. The van der Waals surface area contributed by atoms with Gasteiger partial charge in [0.1, 0.15) is 0 Å². The van der Waals surface area contributed by atoms with Crippen LogP contribution in [0.4, 0.5) is 0 Å². The number of benzene rings is 1. The minimum Gasteiger partial charge on any atom is -0.394 e. The van der Waals surface area contributed by atoms with Gasteiger partial charge >= 0.3 is 0 Å². The molecule has 0 aliphatic carbocycles. The average molecular weight is 281 g/mol. The van der Waals surface area contributed by atoms with Crippen LogP contribution in [0, 0.1) is 0 Å². The molecule has 106 valence electrons. The van der Waals surface area contributed by atoms with Crippen molar-refractivity contribution in [2.24, 2.45) is 0 Å². The van der Waals surface area contributed by atoms with Crippen molar-refractivity contribution < 1.29 is 9.90 Å². The summed E-state index contributed by atoms with van der Waals surface area (Å²) in [7, 11) is 0. The smallest absolute Gasteiger partial charge is 0.251 e. The molecule has 0 radical (unpaired) electrons. The number of aliphatic hydroxyl groups excluding tert-OH is 1. The van der Waals surface area contributed by atoms with Gasteiger partial charge in [-0.3, -0.25) is 4.79 Å². The highest BCUT2D eigenvalue weighted by molar-refractivity contribution is 7.97. The predicted molar refractivity (Wildman–Crippen MR) is 81.5 cm³/mol. The Bertz CT molecular complexity index is 391. The molecule has 3 nitrogen and oxygen atoms in total. The Kier molecular flexibility index (Phi) is 6.38. The van der Waals surface area contributed by atoms with Crippen molar-refractivity contribution in [3.8, 4) is 0 Å². The second-order valence-corrected chi connectivity index (χ2v) is 5.60. The van der Waals surface area contributed by atoms with Crippen molar-refractivity contribution in [3.63, 3.8) is 0 Å². The molecule has 1 aromatic carbocycles. The van der Waals surface area contributed by atoms with Crippen molar-refractivity contribution in [2.45, 2.75) is 38.0 Å². The lowest BCUT2D eigenvalue weighted by Gasteiger charge is -2.30. The molecule has 0 unspecified atom stereocenters. The van der Waals surface area contributed by atoms with Crippen molar-refractivity contribution in [2.75, 3.05) is 12.9 Å². The molecule has 1 aromatic rings. The molecule has 0 saturated carbocycles. The number of carbonyl (C=O) groups is 1. The maximum absolute atomic E-state index is 12.2. The van der Waals surface area contributed by atoms with Gasteiger partial charge < -0.3 is 10.4 Å². The van der Waals surface area contributed by atoms with Crippen LogP contribution in [0.5, 0.6) is 0 Å². The normalized spacial score (nSPS) is 11.4. The summed E-state index contributed by atoms with van der Waals surface area (Å²) in [5.41, 5.74) is 1.35. The van der Waals surface area contributed by atoms with Crippen LogP contribution in [0.1, 0.15) is 42.6 Å². The summed E-state index contributed by atoms with van der Waals surface area (Å²) in [5.74, 6) is 0.834. The van der Waals surface area contributed by atoms with E-state index >= 15 is 0 Å². The van der Waals surface area contributed by atoms with E-state index < -0.39 is 5.54 Å². The fourth-order valence-corrected chi connectivity index (χ4v) is 2.45. The van der Waals surface area contributed by atoms with Gasteiger partial charge in [0.2, 0.25) is 0 Å². The highest BCUT2D eigenvalue weighted by Crippen LogP contribution is 2.16. The predicted octanol–water partition coefficient (Wildman–Crippen LogP) is 2.83. The lowest BCUT2D eigenvalue weighted by atomic mass is 9.93. The SMILES string of the molecule is CCC(CC)(CO)NC(=O)c1ccc(CSC)cc1. The molecule has 0 atom stereocenters. The molecule has 0 aromatic heterocycles. The van der Waals surface area contributed by atoms with Crippen LogP contribution in [0.2, 0.25) is 0 Å². The van der Waals surface area contributed by atoms with Crippen molar-refractivity contribution in [1.29, 1.82) is 0 Å². The first kappa shape index (κ1) is 16.1. The number of rotatable bonds is 7. The third kappa shape index (κ3) is 4.25. The number of amides is 1. The molecule has 1 amide bonds. The zero-order valence-electron chi connectivity index (χ0n) is 11.9. The minimum atomic E-state index is -0.505. The van der Waals surface area contributed by atoms with E-state index in [1.165, 1.54) is 5.56 Å². The number of aliphatic hydroxyl groups is 1. The number of thioether (sulfide) groups is 1. The van der Waals surface area contributed by atoms with Gasteiger partial charge in [0, 0.05) is 11.3 Å². The molecule has 2 N–H and O–H groups in total. The van der Waals surface area contributed by atoms with E-state index in [2.05, 4.69) is 11.6 Å². The number of nitrogens with one attached hydrogen (secondary N) is 1. The van der Waals surface area contributed by atoms with E-state index in [-0.39, 0.29) is 12.5 Å². The number of hydrogen-bond donors (Lipinski definition) is 2. The molecule has 0 aliphatic rings. The summed E-state index contributed by atoms with van der Waals surface area (Å²) in [6, 6.07) is 7.64. The Hall–Kier alpha value is -1.00. The largest absolute Gasteiger partial charge is 0.394 e. The molecule has 0 aliphatic heterocycles. The molecule has 19 heavy (non-hydrogen) atoms. The fraction of sp³-hybridized carbons (Fsp3) is 0.533. The van der Waals surface area contributed by atoms with Crippen LogP contribution < -0.4 is 5.32 Å². The summed E-state index contributed by atoms with van der Waals surface area (Å²) >= 11 is 1.76. The van der Waals surface area contributed by atoms with E-state index in [0.717, 1.165) is 18.6 Å². The third-order valence-corrected chi connectivity index (χ3v) is 4.18. The van der Waals surface area contributed by atoms with Crippen molar-refractivity contribution >= 4 is 17.7 Å². The van der Waals surface area contributed by atoms with E-state index in [0.29, 0.717) is 5.56 Å². The Morgan fingerprint density at radius 3 is 2.26 bits per heavy atom. The van der Waals surface area contributed by atoms with Crippen LogP contribution in [-0.4, -0.2) is 29.4 Å². The average Bonchev–Trinajstić information content (AvgIpc) is 2.46. The second-order valence-electron chi connectivity index (χ2n) is 4.73. The Balaban J connectivity index is 2.77. The first-order chi connectivity index (χ1) is 9.10. The van der Waals surface area contributed by atoms with Crippen LogP contribution >= 0.6 is 11.8 Å². The summed E-state index contributed by atoms with van der Waals surface area (Å²) in [6.07, 6.45) is 3.49. The first-order valence-electron chi connectivity index (χ1n) is 6.62. The highest BCUT2D eigenvalue weighted by Gasteiger charge is 2.27. The number of carbonyl (C=O) groups excluding carboxylic acids is 1. The second kappa shape index (κ2) is 7.56. The van der Waals surface area contributed by atoms with Gasteiger partial charge in [-0.05, 0) is 36.8 Å². The molecule has 1 rings (SSSR count). The molecular formula is C15H23NO2S. The van der Waals surface area contributed by atoms with Crippen LogP contribution in [-0.2, 0) is 5.75 Å². The van der Waals surface area contributed by atoms with Crippen LogP contribution in [0.25, 0.3) is 0 Å². The van der Waals surface area contributed by atoms with Gasteiger partial charge in [0.15, 0.2) is 0 Å². The van der Waals surface area contributed by atoms with E-state index in [1.54, 1.807) is 11.8 Å². The maximum Gasteiger partial charge on any atom is 0.251 e. The van der Waals surface area contributed by atoms with Gasteiger partial charge in [-0.25, -0.2) is 0 Å². The summed E-state index contributed by atoms with van der Waals surface area (Å²) in [5, 5.41) is 12.4. The topological polar surface area (TPSA) is 49.3 Å². The van der Waals surface area contributed by atoms with Gasteiger partial charge in [-0.1, -0.05) is 26.0 Å². The van der Waals surface area contributed by atoms with E-state index in [4.69, 9.17) is 0 Å². The maximum atomic E-state index is 12.2. The van der Waals surface area contributed by atoms with E-state index in [9.17, 15) is 9.90 Å². The zero-order valence-corrected chi connectivity index (χ0v) is 12.7. The molecule has 0 spiro atoms. The minimum absolute atomic E-state index is 0.0315. The van der Waals surface area contributed by atoms with Crippen LogP contribution in [0.3, 0.4) is 0 Å². The molecule has 0 bridgehead atoms. The highest BCUT2D eigenvalue weighted by atomic mass is 32.2. The van der Waals surface area contributed by atoms with Gasteiger partial charge in [0.25, 0.3) is 5.91 Å². The molecule has 4 heteroatoms. The monoisotopic (exact) mass is 281 g/mol. The summed E-state index contributed by atoms with van der Waals surface area (Å²) in [4.78, 5) is 12.2. The van der Waals surface area contributed by atoms with Gasteiger partial charge in [-0.15, -0.1) is 0 Å². The Labute approximate surface area is 119 Å². The molecule has 0 fully saturated rings. The first-order valence-corrected chi connectivity index (χ1v) is 8.01. The van der Waals surface area contributed by atoms with Crippen LogP contribution in [0.15, 0.2) is 24.3 Å². The quantitative estimate of drug-likeness (QED) is 0.808. The van der Waals surface area contributed by atoms with Crippen molar-refractivity contribution in [3.05, 3.63) is 35.4 Å². The molecule has 0 saturated heterocycles. The lowest BCUT2D eigenvalue weighted by Crippen LogP contribution is -2.50. The van der Waals surface area contributed by atoms with Gasteiger partial charge in [0.05, 0.1) is 12.1 Å². The number of hydrogen-bond acceptors (Lipinski definition) is 3. The van der Waals surface area contributed by atoms with Crippen molar-refractivity contribution in [1.82, 2.24) is 5.32 Å². The summed E-state index contributed by atoms with van der Waals surface area (Å²) < 4.78 is 0.